The van der Waals surface area contributed by atoms with Crippen LogP contribution < -0.4 is 0 Å². The van der Waals surface area contributed by atoms with Crippen molar-refractivity contribution in [2.75, 3.05) is 6.26 Å². The molecule has 0 bridgehead atoms. The average molecular weight is 182 g/mol. The van der Waals surface area contributed by atoms with E-state index < -0.39 is 0 Å². The molecule has 4 heteroatoms. The zero-order chi connectivity index (χ0) is 9.14. The van der Waals surface area contributed by atoms with E-state index in [0.29, 0.717) is 11.4 Å². The summed E-state index contributed by atoms with van der Waals surface area (Å²) in [5.74, 6) is 0.712. The molecule has 1 aromatic rings. The second kappa shape index (κ2) is 3.67. The third-order valence-corrected chi connectivity index (χ3v) is 2.14. The van der Waals surface area contributed by atoms with Crippen LogP contribution in [0.3, 0.4) is 0 Å². The summed E-state index contributed by atoms with van der Waals surface area (Å²) in [6, 6.07) is 0. The number of Topliss-reactive ketones (excluding diaryl/α,β-unsaturated/α-hetero) is 1. The summed E-state index contributed by atoms with van der Waals surface area (Å²) in [6.07, 6.45) is 3.48. The van der Waals surface area contributed by atoms with E-state index in [4.69, 9.17) is 0 Å². The minimum atomic E-state index is 0.0133. The van der Waals surface area contributed by atoms with Crippen LogP contribution in [0.25, 0.3) is 0 Å². The number of carbonyl (C=O) groups excluding carboxylic acids is 1. The molecule has 0 N–H and O–H groups in total. The molecule has 0 atom stereocenters. The number of hydrogen-bond acceptors (Lipinski definition) is 4. The molecule has 1 heterocycles. The van der Waals surface area contributed by atoms with Crippen molar-refractivity contribution in [1.82, 2.24) is 9.97 Å². The summed E-state index contributed by atoms with van der Waals surface area (Å²) in [5.41, 5.74) is 0.605. The molecule has 64 valence electrons. The number of carbonyl (C=O) groups is 1. The van der Waals surface area contributed by atoms with Crippen molar-refractivity contribution in [3.05, 3.63) is 17.6 Å². The molecule has 0 spiro atoms. The Labute approximate surface area is 75.6 Å². The maximum atomic E-state index is 11.0. The van der Waals surface area contributed by atoms with Crippen LogP contribution in [0.4, 0.5) is 0 Å². The fraction of sp³-hybridized carbons (Fsp3) is 0.375. The highest BCUT2D eigenvalue weighted by molar-refractivity contribution is 7.98. The Hall–Kier alpha value is -0.900. The van der Waals surface area contributed by atoms with Crippen molar-refractivity contribution in [1.29, 1.82) is 0 Å². The minimum Gasteiger partial charge on any atom is -0.294 e. The number of aromatic nitrogens is 2. The van der Waals surface area contributed by atoms with Crippen LogP contribution in [0.5, 0.6) is 0 Å². The second-order valence-electron chi connectivity index (χ2n) is 2.40. The van der Waals surface area contributed by atoms with Gasteiger partial charge in [0.2, 0.25) is 0 Å². The standard InChI is InChI=1S/C8H10N2OS/c1-5(11)7-4-9-6(2)10-8(7)12-3/h4H,1-3H3. The summed E-state index contributed by atoms with van der Waals surface area (Å²) < 4.78 is 0. The lowest BCUT2D eigenvalue weighted by Crippen LogP contribution is -2.00. The van der Waals surface area contributed by atoms with Gasteiger partial charge in [0.05, 0.1) is 5.56 Å². The van der Waals surface area contributed by atoms with Gasteiger partial charge in [0.15, 0.2) is 5.78 Å². The molecule has 3 nitrogen and oxygen atoms in total. The second-order valence-corrected chi connectivity index (χ2v) is 3.19. The van der Waals surface area contributed by atoms with Gasteiger partial charge in [-0.25, -0.2) is 9.97 Å². The Morgan fingerprint density at radius 2 is 2.25 bits per heavy atom. The molecule has 0 aliphatic carbocycles. The smallest absolute Gasteiger partial charge is 0.164 e. The topological polar surface area (TPSA) is 42.9 Å². The number of ketones is 1. The normalized spacial score (nSPS) is 9.92. The van der Waals surface area contributed by atoms with Gasteiger partial charge in [-0.05, 0) is 20.1 Å². The van der Waals surface area contributed by atoms with Gasteiger partial charge in [0.1, 0.15) is 10.9 Å². The van der Waals surface area contributed by atoms with Crippen molar-refractivity contribution < 1.29 is 4.79 Å². The minimum absolute atomic E-state index is 0.0133. The number of aryl methyl sites for hydroxylation is 1. The predicted molar refractivity (Wildman–Crippen MR) is 48.6 cm³/mol. The molecule has 0 radical (unpaired) electrons. The third kappa shape index (κ3) is 1.82. The molecule has 0 fully saturated rings. The predicted octanol–water partition coefficient (Wildman–Crippen LogP) is 1.71. The van der Waals surface area contributed by atoms with E-state index in [1.807, 2.05) is 13.2 Å². The molecule has 0 amide bonds. The fourth-order valence-corrected chi connectivity index (χ4v) is 1.49. The van der Waals surface area contributed by atoms with Gasteiger partial charge in [-0.3, -0.25) is 4.79 Å². The lowest BCUT2D eigenvalue weighted by atomic mass is 10.2. The molecule has 0 unspecified atom stereocenters. The molecular weight excluding hydrogens is 172 g/mol. The highest BCUT2D eigenvalue weighted by Gasteiger charge is 2.07. The number of hydrogen-bond donors (Lipinski definition) is 0. The Balaban J connectivity index is 3.20. The molecule has 12 heavy (non-hydrogen) atoms. The van der Waals surface area contributed by atoms with Crippen molar-refractivity contribution in [2.45, 2.75) is 18.9 Å². The van der Waals surface area contributed by atoms with Crippen molar-refractivity contribution in [2.24, 2.45) is 0 Å². The van der Waals surface area contributed by atoms with Crippen LogP contribution in [-0.2, 0) is 0 Å². The molecule has 0 saturated carbocycles. The first kappa shape index (κ1) is 9.19. The largest absolute Gasteiger partial charge is 0.294 e. The first-order valence-electron chi connectivity index (χ1n) is 3.53. The monoisotopic (exact) mass is 182 g/mol. The summed E-state index contributed by atoms with van der Waals surface area (Å²) in [6.45, 7) is 3.33. The SMILES string of the molecule is CSc1nc(C)ncc1C(C)=O. The number of nitrogens with zero attached hydrogens (tertiary/aromatic N) is 2. The maximum absolute atomic E-state index is 11.0. The van der Waals surface area contributed by atoms with Gasteiger partial charge in [0.25, 0.3) is 0 Å². The van der Waals surface area contributed by atoms with Crippen molar-refractivity contribution in [3.8, 4) is 0 Å². The van der Waals surface area contributed by atoms with E-state index in [-0.39, 0.29) is 5.78 Å². The van der Waals surface area contributed by atoms with Gasteiger partial charge < -0.3 is 0 Å². The fourth-order valence-electron chi connectivity index (χ4n) is 0.846. The average Bonchev–Trinajstić information content (AvgIpc) is 2.03. The Morgan fingerprint density at radius 1 is 1.58 bits per heavy atom. The van der Waals surface area contributed by atoms with Gasteiger partial charge in [-0.2, -0.15) is 0 Å². The number of thioether (sulfide) groups is 1. The molecule has 1 aromatic heterocycles. The Kier molecular flexibility index (Phi) is 2.81. The van der Waals surface area contributed by atoms with Gasteiger partial charge in [-0.15, -0.1) is 11.8 Å². The van der Waals surface area contributed by atoms with Crippen LogP contribution in [-0.4, -0.2) is 22.0 Å². The van der Waals surface area contributed by atoms with Crippen molar-refractivity contribution >= 4 is 17.5 Å². The lowest BCUT2D eigenvalue weighted by Gasteiger charge is -2.01. The maximum Gasteiger partial charge on any atom is 0.164 e. The summed E-state index contributed by atoms with van der Waals surface area (Å²) in [4.78, 5) is 19.2. The van der Waals surface area contributed by atoms with Crippen LogP contribution in [0, 0.1) is 6.92 Å². The van der Waals surface area contributed by atoms with Crippen LogP contribution in [0.15, 0.2) is 11.2 Å². The summed E-state index contributed by atoms with van der Waals surface area (Å²) in [7, 11) is 0. The lowest BCUT2D eigenvalue weighted by molar-refractivity contribution is 0.101. The van der Waals surface area contributed by atoms with Crippen LogP contribution >= 0.6 is 11.8 Å². The van der Waals surface area contributed by atoms with E-state index in [9.17, 15) is 4.79 Å². The summed E-state index contributed by atoms with van der Waals surface area (Å²) in [5, 5.41) is 0.759. The van der Waals surface area contributed by atoms with E-state index in [1.165, 1.54) is 18.7 Å². The summed E-state index contributed by atoms with van der Waals surface area (Å²) >= 11 is 1.47. The molecule has 0 aliphatic heterocycles. The van der Waals surface area contributed by atoms with E-state index in [2.05, 4.69) is 9.97 Å². The van der Waals surface area contributed by atoms with Crippen LogP contribution in [0.1, 0.15) is 23.1 Å². The van der Waals surface area contributed by atoms with Gasteiger partial charge >= 0.3 is 0 Å². The Bertz CT molecular complexity index is 312. The van der Waals surface area contributed by atoms with Gasteiger partial charge in [0, 0.05) is 6.20 Å². The highest BCUT2D eigenvalue weighted by Crippen LogP contribution is 2.16. The van der Waals surface area contributed by atoms with Crippen molar-refractivity contribution in [3.63, 3.8) is 0 Å². The first-order chi connectivity index (χ1) is 5.65. The highest BCUT2D eigenvalue weighted by atomic mass is 32.2. The quantitative estimate of drug-likeness (QED) is 0.397. The van der Waals surface area contributed by atoms with Crippen LogP contribution in [0.2, 0.25) is 0 Å². The molecule has 0 aromatic carbocycles. The zero-order valence-electron chi connectivity index (χ0n) is 7.29. The molecule has 0 aliphatic rings. The third-order valence-electron chi connectivity index (χ3n) is 1.45. The van der Waals surface area contributed by atoms with E-state index >= 15 is 0 Å². The molecule has 0 saturated heterocycles. The molecular formula is C8H10N2OS. The van der Waals surface area contributed by atoms with Gasteiger partial charge in [-0.1, -0.05) is 0 Å². The molecule has 1 rings (SSSR count). The zero-order valence-corrected chi connectivity index (χ0v) is 8.10. The van der Waals surface area contributed by atoms with E-state index in [0.717, 1.165) is 5.03 Å². The first-order valence-corrected chi connectivity index (χ1v) is 4.76. The number of rotatable bonds is 2. The van der Waals surface area contributed by atoms with E-state index in [1.54, 1.807) is 6.20 Å². The Morgan fingerprint density at radius 3 is 2.75 bits per heavy atom.